The van der Waals surface area contributed by atoms with Crippen molar-refractivity contribution in [1.82, 2.24) is 15.1 Å². The van der Waals surface area contributed by atoms with Crippen LogP contribution in [-0.2, 0) is 9.53 Å². The van der Waals surface area contributed by atoms with Crippen molar-refractivity contribution in [1.29, 1.82) is 0 Å². The average molecular weight is 257 g/mol. The van der Waals surface area contributed by atoms with Gasteiger partial charge in [0.05, 0.1) is 13.2 Å². The number of carbonyl (C=O) groups is 1. The van der Waals surface area contributed by atoms with Crippen molar-refractivity contribution in [3.8, 4) is 0 Å². The summed E-state index contributed by atoms with van der Waals surface area (Å²) in [6.07, 6.45) is 2.18. The maximum atomic E-state index is 12.0. The summed E-state index contributed by atoms with van der Waals surface area (Å²) in [4.78, 5) is 16.3. The molecule has 1 aliphatic rings. The Kier molecular flexibility index (Phi) is 7.23. The first-order valence-corrected chi connectivity index (χ1v) is 6.86. The lowest BCUT2D eigenvalue weighted by Crippen LogP contribution is -2.47. The largest absolute Gasteiger partial charge is 0.383 e. The van der Waals surface area contributed by atoms with Gasteiger partial charge in [0.2, 0.25) is 5.91 Å². The van der Waals surface area contributed by atoms with E-state index in [1.807, 2.05) is 11.9 Å². The molecule has 0 aromatic rings. The number of carbonyl (C=O) groups excluding carboxylic acids is 1. The van der Waals surface area contributed by atoms with Crippen LogP contribution in [0.4, 0.5) is 0 Å². The van der Waals surface area contributed by atoms with Crippen molar-refractivity contribution in [2.75, 3.05) is 53.5 Å². The zero-order valence-electron chi connectivity index (χ0n) is 11.9. The highest BCUT2D eigenvalue weighted by molar-refractivity contribution is 5.78. The minimum absolute atomic E-state index is 0.182. The van der Waals surface area contributed by atoms with Crippen molar-refractivity contribution in [3.05, 3.63) is 0 Å². The molecule has 0 saturated carbocycles. The molecule has 106 valence electrons. The van der Waals surface area contributed by atoms with Gasteiger partial charge in [-0.3, -0.25) is 4.79 Å². The van der Waals surface area contributed by atoms with Crippen LogP contribution in [0.2, 0.25) is 0 Å². The molecule has 1 rings (SSSR count). The van der Waals surface area contributed by atoms with Crippen molar-refractivity contribution in [3.63, 3.8) is 0 Å². The number of ether oxygens (including phenoxy) is 1. The fourth-order valence-corrected chi connectivity index (χ4v) is 2.32. The number of nitrogens with zero attached hydrogens (tertiary/aromatic N) is 2. The van der Waals surface area contributed by atoms with Crippen LogP contribution in [0.15, 0.2) is 0 Å². The summed E-state index contributed by atoms with van der Waals surface area (Å²) in [5.74, 6) is 0.182. The van der Waals surface area contributed by atoms with Gasteiger partial charge in [0.25, 0.3) is 0 Å². The van der Waals surface area contributed by atoms with E-state index in [0.717, 1.165) is 39.0 Å². The molecular weight excluding hydrogens is 230 g/mol. The minimum Gasteiger partial charge on any atom is -0.383 e. The molecule has 1 N–H and O–H groups in total. The molecule has 1 fully saturated rings. The van der Waals surface area contributed by atoms with Gasteiger partial charge in [-0.25, -0.2) is 0 Å². The predicted octanol–water partition coefficient (Wildman–Crippen LogP) is 0.165. The summed E-state index contributed by atoms with van der Waals surface area (Å²) >= 11 is 0. The molecule has 0 unspecified atom stereocenters. The Morgan fingerprint density at radius 2 is 2.11 bits per heavy atom. The van der Waals surface area contributed by atoms with Gasteiger partial charge in [0, 0.05) is 39.8 Å². The van der Waals surface area contributed by atoms with E-state index in [4.69, 9.17) is 4.74 Å². The van der Waals surface area contributed by atoms with Crippen molar-refractivity contribution < 1.29 is 9.53 Å². The van der Waals surface area contributed by atoms with Gasteiger partial charge >= 0.3 is 0 Å². The lowest BCUT2D eigenvalue weighted by Gasteiger charge is -2.36. The first-order chi connectivity index (χ1) is 8.69. The molecule has 0 aromatic carbocycles. The van der Waals surface area contributed by atoms with Crippen molar-refractivity contribution in [2.45, 2.75) is 25.8 Å². The normalized spacial score (nSPS) is 17.9. The van der Waals surface area contributed by atoms with Crippen LogP contribution < -0.4 is 5.32 Å². The van der Waals surface area contributed by atoms with Gasteiger partial charge in [0.1, 0.15) is 0 Å². The van der Waals surface area contributed by atoms with Crippen LogP contribution in [0.25, 0.3) is 0 Å². The number of likely N-dealkylation sites (N-methyl/N-ethyl adjacent to an activating group) is 1. The Bertz CT molecular complexity index is 240. The number of amides is 1. The summed E-state index contributed by atoms with van der Waals surface area (Å²) in [6, 6.07) is 0.407. The molecule has 1 amide bonds. The number of likely N-dealkylation sites (tertiary alicyclic amines) is 1. The Balaban J connectivity index is 2.22. The van der Waals surface area contributed by atoms with Crippen LogP contribution in [0.1, 0.15) is 19.8 Å². The van der Waals surface area contributed by atoms with Crippen LogP contribution in [0.5, 0.6) is 0 Å². The molecule has 0 radical (unpaired) electrons. The third-order valence-corrected chi connectivity index (χ3v) is 3.70. The molecular formula is C13H27N3O2. The number of nitrogens with one attached hydrogen (secondary N) is 1. The molecule has 0 spiro atoms. The maximum Gasteiger partial charge on any atom is 0.236 e. The highest BCUT2D eigenvalue weighted by Crippen LogP contribution is 2.14. The third kappa shape index (κ3) is 4.92. The molecule has 0 atom stereocenters. The number of piperidine rings is 1. The van der Waals surface area contributed by atoms with Crippen molar-refractivity contribution >= 4 is 5.91 Å². The van der Waals surface area contributed by atoms with E-state index in [9.17, 15) is 4.79 Å². The molecule has 5 nitrogen and oxygen atoms in total. The van der Waals surface area contributed by atoms with Gasteiger partial charge in [0.15, 0.2) is 0 Å². The molecule has 18 heavy (non-hydrogen) atoms. The molecule has 0 bridgehead atoms. The second kappa shape index (κ2) is 8.45. The van der Waals surface area contributed by atoms with Crippen LogP contribution in [0, 0.1) is 0 Å². The van der Waals surface area contributed by atoms with E-state index in [1.54, 1.807) is 7.11 Å². The van der Waals surface area contributed by atoms with Gasteiger partial charge < -0.3 is 19.9 Å². The van der Waals surface area contributed by atoms with Gasteiger partial charge in [-0.15, -0.1) is 0 Å². The molecule has 1 saturated heterocycles. The second-order valence-corrected chi connectivity index (χ2v) is 4.84. The zero-order valence-corrected chi connectivity index (χ0v) is 11.9. The Labute approximate surface area is 110 Å². The molecule has 0 aliphatic carbocycles. The van der Waals surface area contributed by atoms with Crippen molar-refractivity contribution in [2.24, 2.45) is 0 Å². The first-order valence-electron chi connectivity index (χ1n) is 6.86. The lowest BCUT2D eigenvalue weighted by molar-refractivity contribution is -0.131. The third-order valence-electron chi connectivity index (χ3n) is 3.70. The van der Waals surface area contributed by atoms with Gasteiger partial charge in [-0.2, -0.15) is 0 Å². The number of rotatable bonds is 7. The molecule has 5 heteroatoms. The first kappa shape index (κ1) is 15.4. The predicted molar refractivity (Wildman–Crippen MR) is 72.7 cm³/mol. The van der Waals surface area contributed by atoms with Gasteiger partial charge in [-0.05, 0) is 19.4 Å². The van der Waals surface area contributed by atoms with E-state index < -0.39 is 0 Å². The van der Waals surface area contributed by atoms with E-state index in [0.29, 0.717) is 19.2 Å². The Hall–Kier alpha value is -0.650. The highest BCUT2D eigenvalue weighted by atomic mass is 16.5. The van der Waals surface area contributed by atoms with Crippen LogP contribution in [-0.4, -0.2) is 75.2 Å². The van der Waals surface area contributed by atoms with E-state index in [2.05, 4.69) is 17.1 Å². The summed E-state index contributed by atoms with van der Waals surface area (Å²) in [5, 5.41) is 3.10. The maximum absolute atomic E-state index is 12.0. The summed E-state index contributed by atoms with van der Waals surface area (Å²) in [7, 11) is 3.59. The standard InChI is InChI=1S/C13H27N3O2/c1-4-16-8-5-12(6-9-16)15(2)13(17)11-14-7-10-18-3/h12,14H,4-11H2,1-3H3. The SMILES string of the molecule is CCN1CCC(N(C)C(=O)CNCCOC)CC1. The topological polar surface area (TPSA) is 44.8 Å². The summed E-state index contributed by atoms with van der Waals surface area (Å²) in [6.45, 7) is 7.30. The van der Waals surface area contributed by atoms with E-state index >= 15 is 0 Å². The highest BCUT2D eigenvalue weighted by Gasteiger charge is 2.24. The Morgan fingerprint density at radius 1 is 1.44 bits per heavy atom. The van der Waals surface area contributed by atoms with Gasteiger partial charge in [-0.1, -0.05) is 6.92 Å². The number of hydrogen-bond acceptors (Lipinski definition) is 4. The number of methoxy groups -OCH3 is 1. The van der Waals surface area contributed by atoms with Crippen LogP contribution in [0.3, 0.4) is 0 Å². The lowest BCUT2D eigenvalue weighted by atomic mass is 10.0. The molecule has 0 aromatic heterocycles. The zero-order chi connectivity index (χ0) is 13.4. The quantitative estimate of drug-likeness (QED) is 0.660. The average Bonchev–Trinajstić information content (AvgIpc) is 2.42. The van der Waals surface area contributed by atoms with Crippen LogP contribution >= 0.6 is 0 Å². The smallest absolute Gasteiger partial charge is 0.236 e. The van der Waals surface area contributed by atoms with E-state index in [1.165, 1.54) is 0 Å². The monoisotopic (exact) mass is 257 g/mol. The number of hydrogen-bond donors (Lipinski definition) is 1. The fraction of sp³-hybridized carbons (Fsp3) is 0.923. The molecule has 1 aliphatic heterocycles. The Morgan fingerprint density at radius 3 is 2.67 bits per heavy atom. The summed E-state index contributed by atoms with van der Waals surface area (Å²) < 4.78 is 4.93. The minimum atomic E-state index is 0.182. The fourth-order valence-electron chi connectivity index (χ4n) is 2.32. The van der Waals surface area contributed by atoms with E-state index in [-0.39, 0.29) is 5.91 Å². The summed E-state index contributed by atoms with van der Waals surface area (Å²) in [5.41, 5.74) is 0. The molecule has 1 heterocycles. The second-order valence-electron chi connectivity index (χ2n) is 4.84.